The van der Waals surface area contributed by atoms with E-state index in [-0.39, 0.29) is 11.7 Å². The number of phenols is 1. The molecule has 2 aromatic heterocycles. The maximum absolute atomic E-state index is 10.8. The summed E-state index contributed by atoms with van der Waals surface area (Å²) < 4.78 is 0. The van der Waals surface area contributed by atoms with Crippen molar-refractivity contribution in [2.45, 2.75) is 5.92 Å². The van der Waals surface area contributed by atoms with Crippen molar-refractivity contribution < 1.29 is 5.11 Å². The topological polar surface area (TPSA) is 51.8 Å². The molecule has 0 atom stereocenters. The van der Waals surface area contributed by atoms with Gasteiger partial charge in [0.15, 0.2) is 0 Å². The third-order valence-electron chi connectivity index (χ3n) is 5.19. The first-order valence-electron chi connectivity index (χ1n) is 8.83. The zero-order valence-electron chi connectivity index (χ0n) is 14.4. The fourth-order valence-electron chi connectivity index (χ4n) is 3.93. The Bertz CT molecular complexity index is 1190. The number of phenolic OH excluding ortho intramolecular Hbond substituents is 1. The highest BCUT2D eigenvalue weighted by molar-refractivity contribution is 6.32. The largest absolute Gasteiger partial charge is 0.506 e. The lowest BCUT2D eigenvalue weighted by atomic mass is 9.84. The Hall–Kier alpha value is -3.17. The molecule has 0 aliphatic carbocycles. The molecule has 4 heteroatoms. The fourth-order valence-corrected chi connectivity index (χ4v) is 4.11. The summed E-state index contributed by atoms with van der Waals surface area (Å²) >= 11 is 6.25. The van der Waals surface area contributed by atoms with E-state index < -0.39 is 0 Å². The van der Waals surface area contributed by atoms with E-state index in [0.29, 0.717) is 5.02 Å². The monoisotopic (exact) mass is 372 g/mol. The molecule has 3 nitrogen and oxygen atoms in total. The van der Waals surface area contributed by atoms with Gasteiger partial charge in [-0.1, -0.05) is 60.1 Å². The molecular weight excluding hydrogens is 356 g/mol. The van der Waals surface area contributed by atoms with Crippen LogP contribution in [0.1, 0.15) is 22.6 Å². The summed E-state index contributed by atoms with van der Waals surface area (Å²) in [7, 11) is 0. The van der Waals surface area contributed by atoms with Crippen LogP contribution < -0.4 is 0 Å². The first kappa shape index (κ1) is 16.0. The number of hydrogen-bond acceptors (Lipinski definition) is 1. The molecule has 2 heterocycles. The van der Waals surface area contributed by atoms with Crippen LogP contribution in [0.5, 0.6) is 5.75 Å². The minimum Gasteiger partial charge on any atom is -0.506 e. The van der Waals surface area contributed by atoms with Crippen molar-refractivity contribution in [3.8, 4) is 5.75 Å². The van der Waals surface area contributed by atoms with Gasteiger partial charge in [0.25, 0.3) is 0 Å². The second-order valence-electron chi connectivity index (χ2n) is 6.69. The molecule has 27 heavy (non-hydrogen) atoms. The van der Waals surface area contributed by atoms with Gasteiger partial charge in [0, 0.05) is 45.7 Å². The average molecular weight is 373 g/mol. The number of aromatic amines is 2. The molecule has 0 saturated heterocycles. The normalized spacial score (nSPS) is 11.6. The van der Waals surface area contributed by atoms with Crippen molar-refractivity contribution in [3.05, 3.63) is 101 Å². The summed E-state index contributed by atoms with van der Waals surface area (Å²) in [5.41, 5.74) is 5.13. The summed E-state index contributed by atoms with van der Waals surface area (Å²) in [6.45, 7) is 0. The SMILES string of the molecule is Oc1c(Cl)cccc1C(c1c[nH]c2ccccc12)c1c[nH]c2ccccc12. The van der Waals surface area contributed by atoms with E-state index in [4.69, 9.17) is 11.6 Å². The maximum Gasteiger partial charge on any atom is 0.138 e. The zero-order valence-corrected chi connectivity index (χ0v) is 15.2. The standard InChI is InChI=1S/C23H17ClN2O/c24-19-9-5-8-16(23(19)27)22(17-12-25-20-10-3-1-6-14(17)20)18-13-26-21-11-4-2-7-15(18)21/h1-13,22,25-27H. The predicted molar refractivity (Wildman–Crippen MR) is 111 cm³/mol. The summed E-state index contributed by atoms with van der Waals surface area (Å²) in [5.74, 6) is -0.0317. The molecule has 0 fully saturated rings. The smallest absolute Gasteiger partial charge is 0.138 e. The van der Waals surface area contributed by atoms with Crippen LogP contribution in [-0.4, -0.2) is 15.1 Å². The lowest BCUT2D eigenvalue weighted by Gasteiger charge is -2.19. The number of H-pyrrole nitrogens is 2. The molecule has 0 unspecified atom stereocenters. The highest BCUT2D eigenvalue weighted by Gasteiger charge is 2.26. The third-order valence-corrected chi connectivity index (χ3v) is 5.50. The van der Waals surface area contributed by atoms with Gasteiger partial charge >= 0.3 is 0 Å². The maximum atomic E-state index is 10.8. The van der Waals surface area contributed by atoms with Gasteiger partial charge in [0.2, 0.25) is 0 Å². The molecule has 132 valence electrons. The summed E-state index contributed by atoms with van der Waals surface area (Å²) in [6.07, 6.45) is 4.05. The van der Waals surface area contributed by atoms with Gasteiger partial charge < -0.3 is 15.1 Å². The van der Waals surface area contributed by atoms with Crippen molar-refractivity contribution in [2.75, 3.05) is 0 Å². The van der Waals surface area contributed by atoms with Crippen LogP contribution >= 0.6 is 11.6 Å². The Morgan fingerprint density at radius 2 is 1.22 bits per heavy atom. The summed E-state index contributed by atoms with van der Waals surface area (Å²) in [4.78, 5) is 6.72. The number of fused-ring (bicyclic) bond motifs is 2. The Morgan fingerprint density at radius 1 is 0.667 bits per heavy atom. The Morgan fingerprint density at radius 3 is 1.81 bits per heavy atom. The van der Waals surface area contributed by atoms with E-state index in [2.05, 4.69) is 34.2 Å². The number of nitrogens with one attached hydrogen (secondary N) is 2. The molecule has 5 aromatic rings. The predicted octanol–water partition coefficient (Wildman–Crippen LogP) is 6.19. The van der Waals surface area contributed by atoms with Gasteiger partial charge in [-0.05, 0) is 29.3 Å². The lowest BCUT2D eigenvalue weighted by molar-refractivity contribution is 0.467. The number of aromatic nitrogens is 2. The average Bonchev–Trinajstić information content (AvgIpc) is 3.31. The van der Waals surface area contributed by atoms with Gasteiger partial charge in [-0.3, -0.25) is 0 Å². The van der Waals surface area contributed by atoms with Gasteiger partial charge in [-0.2, -0.15) is 0 Å². The van der Waals surface area contributed by atoms with E-state index in [1.54, 1.807) is 6.07 Å². The number of para-hydroxylation sites is 3. The van der Waals surface area contributed by atoms with Gasteiger partial charge in [0.1, 0.15) is 5.75 Å². The Kier molecular flexibility index (Phi) is 3.69. The molecule has 0 bridgehead atoms. The van der Waals surface area contributed by atoms with E-state index >= 15 is 0 Å². The van der Waals surface area contributed by atoms with Crippen LogP contribution in [0.15, 0.2) is 79.1 Å². The second-order valence-corrected chi connectivity index (χ2v) is 7.10. The van der Waals surface area contributed by atoms with Crippen LogP contribution in [-0.2, 0) is 0 Å². The molecule has 0 spiro atoms. The molecular formula is C23H17ClN2O. The van der Waals surface area contributed by atoms with E-state index in [0.717, 1.165) is 38.5 Å². The molecule has 5 rings (SSSR count). The number of hydrogen-bond donors (Lipinski definition) is 3. The Balaban J connectivity index is 1.84. The van der Waals surface area contributed by atoms with Crippen molar-refractivity contribution in [1.82, 2.24) is 9.97 Å². The quantitative estimate of drug-likeness (QED) is 0.347. The molecule has 3 N–H and O–H groups in total. The van der Waals surface area contributed by atoms with E-state index in [1.807, 2.05) is 48.8 Å². The number of aromatic hydroxyl groups is 1. The molecule has 0 amide bonds. The second kappa shape index (κ2) is 6.22. The summed E-state index contributed by atoms with van der Waals surface area (Å²) in [6, 6.07) is 21.9. The van der Waals surface area contributed by atoms with E-state index in [9.17, 15) is 5.11 Å². The van der Waals surface area contributed by atoms with Crippen molar-refractivity contribution >= 4 is 33.4 Å². The number of benzene rings is 3. The zero-order chi connectivity index (χ0) is 18.4. The highest BCUT2D eigenvalue weighted by Crippen LogP contribution is 2.44. The first-order valence-corrected chi connectivity index (χ1v) is 9.21. The van der Waals surface area contributed by atoms with Crippen LogP contribution in [0, 0.1) is 0 Å². The van der Waals surface area contributed by atoms with Gasteiger partial charge in [-0.25, -0.2) is 0 Å². The molecule has 0 saturated carbocycles. The van der Waals surface area contributed by atoms with Crippen LogP contribution in [0.2, 0.25) is 5.02 Å². The van der Waals surface area contributed by atoms with Crippen LogP contribution in [0.3, 0.4) is 0 Å². The molecule has 0 radical (unpaired) electrons. The number of halogens is 1. The molecule has 0 aliphatic heterocycles. The van der Waals surface area contributed by atoms with Crippen molar-refractivity contribution in [1.29, 1.82) is 0 Å². The minimum absolute atomic E-state index is 0.125. The molecule has 0 aliphatic rings. The highest BCUT2D eigenvalue weighted by atomic mass is 35.5. The van der Waals surface area contributed by atoms with Crippen LogP contribution in [0.4, 0.5) is 0 Å². The number of rotatable bonds is 3. The summed E-state index contributed by atoms with van der Waals surface area (Å²) in [5, 5.41) is 13.4. The van der Waals surface area contributed by atoms with Crippen LogP contribution in [0.25, 0.3) is 21.8 Å². The van der Waals surface area contributed by atoms with Gasteiger partial charge in [0.05, 0.1) is 5.02 Å². The van der Waals surface area contributed by atoms with E-state index in [1.165, 1.54) is 0 Å². The van der Waals surface area contributed by atoms with Crippen molar-refractivity contribution in [2.24, 2.45) is 0 Å². The fraction of sp³-hybridized carbons (Fsp3) is 0.0435. The lowest BCUT2D eigenvalue weighted by Crippen LogP contribution is -2.03. The molecule has 3 aromatic carbocycles. The van der Waals surface area contributed by atoms with Crippen molar-refractivity contribution in [3.63, 3.8) is 0 Å². The Labute approximate surface area is 161 Å². The minimum atomic E-state index is -0.156. The van der Waals surface area contributed by atoms with Gasteiger partial charge in [-0.15, -0.1) is 0 Å². The third kappa shape index (κ3) is 2.51. The first-order chi connectivity index (χ1) is 13.2.